The van der Waals surface area contributed by atoms with Crippen molar-refractivity contribution in [1.82, 2.24) is 15.6 Å². The molecule has 0 aliphatic heterocycles. The van der Waals surface area contributed by atoms with Gasteiger partial charge in [-0.15, -0.1) is 11.3 Å². The van der Waals surface area contributed by atoms with Crippen molar-refractivity contribution in [3.63, 3.8) is 0 Å². The van der Waals surface area contributed by atoms with Gasteiger partial charge in [0, 0.05) is 21.5 Å². The van der Waals surface area contributed by atoms with Gasteiger partial charge in [0.15, 0.2) is 5.75 Å². The van der Waals surface area contributed by atoms with Crippen LogP contribution in [0.4, 0.5) is 0 Å². The summed E-state index contributed by atoms with van der Waals surface area (Å²) < 4.78 is 5.90. The van der Waals surface area contributed by atoms with Gasteiger partial charge in [0.25, 0.3) is 0 Å². The maximum Gasteiger partial charge on any atom is 0.341 e. The monoisotopic (exact) mass is 537 g/mol. The zero-order valence-electron chi connectivity index (χ0n) is 22.3. The van der Waals surface area contributed by atoms with Gasteiger partial charge < -0.3 is 25.5 Å². The summed E-state index contributed by atoms with van der Waals surface area (Å²) in [6.45, 7) is 4.23. The number of hydrogen-bond acceptors (Lipinski definition) is 6. The van der Waals surface area contributed by atoms with Crippen LogP contribution in [-0.2, 0) is 11.2 Å². The lowest BCUT2D eigenvalue weighted by Gasteiger charge is -2.26. The summed E-state index contributed by atoms with van der Waals surface area (Å²) >= 11 is 1.72. The van der Waals surface area contributed by atoms with Crippen LogP contribution in [0.25, 0.3) is 21.3 Å². The van der Waals surface area contributed by atoms with Crippen LogP contribution >= 0.6 is 11.3 Å². The van der Waals surface area contributed by atoms with Gasteiger partial charge in [-0.3, -0.25) is 9.59 Å². The average Bonchev–Trinajstić information content (AvgIpc) is 3.64. The number of carbonyl (C=O) groups is 2. The largest absolute Gasteiger partial charge is 0.494 e. The summed E-state index contributed by atoms with van der Waals surface area (Å²) in [6.07, 6.45) is 6.91. The number of benzene rings is 1. The molecule has 0 radical (unpaired) electrons. The van der Waals surface area contributed by atoms with Crippen LogP contribution in [0, 0.1) is 5.92 Å². The summed E-state index contributed by atoms with van der Waals surface area (Å²) in [5.74, 6) is 0.0489. The number of carboxylic acids is 1. The number of ether oxygens (including phenoxy) is 1. The molecule has 5 rings (SSSR count). The average molecular weight is 538 g/mol. The Morgan fingerprint density at radius 2 is 1.97 bits per heavy atom. The van der Waals surface area contributed by atoms with E-state index in [2.05, 4.69) is 35.5 Å². The number of pyridine rings is 1. The van der Waals surface area contributed by atoms with Crippen LogP contribution in [0.5, 0.6) is 5.75 Å². The zero-order valence-corrected chi connectivity index (χ0v) is 23.1. The third-order valence-electron chi connectivity index (χ3n) is 7.66. The summed E-state index contributed by atoms with van der Waals surface area (Å²) in [4.78, 5) is 43.1. The quantitative estimate of drug-likeness (QED) is 0.306. The normalized spacial score (nSPS) is 17.9. The molecule has 0 saturated heterocycles. The third kappa shape index (κ3) is 4.85. The van der Waals surface area contributed by atoms with Crippen molar-refractivity contribution in [2.75, 3.05) is 14.2 Å². The van der Waals surface area contributed by atoms with Crippen molar-refractivity contribution in [2.24, 2.45) is 5.92 Å². The fourth-order valence-corrected chi connectivity index (χ4v) is 6.95. The highest BCUT2D eigenvalue weighted by Crippen LogP contribution is 2.52. The fraction of sp³-hybridized carbons (Fsp3) is 0.483. The Labute approximate surface area is 225 Å². The molecule has 38 heavy (non-hydrogen) atoms. The van der Waals surface area contributed by atoms with Crippen molar-refractivity contribution in [1.29, 1.82) is 0 Å². The SMILES string of the molecule is CN[C@H](CC(C)C)C(=O)N[C@@H]1CCCc2sc(-c3c(C4CC4)cc4c(=O)c(C(=O)O)c[nH]c4c3OC)cc21. The first-order valence-corrected chi connectivity index (χ1v) is 14.1. The Kier molecular flexibility index (Phi) is 7.33. The van der Waals surface area contributed by atoms with Crippen LogP contribution in [0.15, 0.2) is 23.1 Å². The van der Waals surface area contributed by atoms with Crippen LogP contribution in [0.1, 0.15) is 84.3 Å². The zero-order chi connectivity index (χ0) is 27.1. The molecule has 2 heterocycles. The molecule has 2 aliphatic rings. The number of carboxylic acid groups (broad SMARTS) is 1. The molecule has 0 spiro atoms. The van der Waals surface area contributed by atoms with Crippen molar-refractivity contribution >= 4 is 34.1 Å². The van der Waals surface area contributed by atoms with Crippen LogP contribution in [0.2, 0.25) is 0 Å². The molecule has 1 saturated carbocycles. The summed E-state index contributed by atoms with van der Waals surface area (Å²) in [5, 5.41) is 16.3. The Morgan fingerprint density at radius 3 is 2.61 bits per heavy atom. The highest BCUT2D eigenvalue weighted by Gasteiger charge is 2.33. The summed E-state index contributed by atoms with van der Waals surface area (Å²) in [6, 6.07) is 3.76. The number of methoxy groups -OCH3 is 1. The molecule has 8 nitrogen and oxygen atoms in total. The van der Waals surface area contributed by atoms with E-state index in [1.54, 1.807) is 18.4 Å². The maximum absolute atomic E-state index is 13.1. The van der Waals surface area contributed by atoms with E-state index in [-0.39, 0.29) is 23.6 Å². The van der Waals surface area contributed by atoms with Gasteiger partial charge in [0.05, 0.1) is 30.1 Å². The van der Waals surface area contributed by atoms with Gasteiger partial charge in [-0.2, -0.15) is 0 Å². The standard InChI is InChI=1S/C29H35N3O5S/c1-14(2)10-21(30-3)28(34)32-20-6-5-7-22-17(20)12-23(38-22)24-16(15-8-9-15)11-18-25(27(24)37-4)31-13-19(26(18)33)29(35)36/h11-15,20-21,30H,5-10H2,1-4H3,(H,31,33)(H,32,34)(H,35,36)/t20-,21-/m1/s1. The van der Waals surface area contributed by atoms with Crippen molar-refractivity contribution < 1.29 is 19.4 Å². The molecule has 4 N–H and O–H groups in total. The minimum Gasteiger partial charge on any atom is -0.494 e. The maximum atomic E-state index is 13.1. The molecule has 9 heteroatoms. The summed E-state index contributed by atoms with van der Waals surface area (Å²) in [7, 11) is 3.41. The minimum atomic E-state index is -1.25. The first kappa shape index (κ1) is 26.4. The van der Waals surface area contributed by atoms with E-state index in [0.29, 0.717) is 28.5 Å². The predicted molar refractivity (Wildman–Crippen MR) is 149 cm³/mol. The van der Waals surface area contributed by atoms with E-state index in [0.717, 1.165) is 60.1 Å². The van der Waals surface area contributed by atoms with E-state index < -0.39 is 11.4 Å². The Morgan fingerprint density at radius 1 is 1.21 bits per heavy atom. The Balaban J connectivity index is 1.59. The predicted octanol–water partition coefficient (Wildman–Crippen LogP) is 4.97. The number of carbonyl (C=O) groups excluding carboxylic acids is 1. The number of aromatic carboxylic acids is 1. The molecule has 2 aliphatic carbocycles. The van der Waals surface area contributed by atoms with Gasteiger partial charge in [-0.25, -0.2) is 4.79 Å². The lowest BCUT2D eigenvalue weighted by atomic mass is 9.91. The summed E-state index contributed by atoms with van der Waals surface area (Å²) in [5.41, 5.74) is 2.85. The second-order valence-corrected chi connectivity index (χ2v) is 12.0. The van der Waals surface area contributed by atoms with E-state index in [1.165, 1.54) is 11.1 Å². The lowest BCUT2D eigenvalue weighted by Crippen LogP contribution is -2.45. The molecule has 2 atom stereocenters. The van der Waals surface area contributed by atoms with Gasteiger partial charge in [0.2, 0.25) is 11.3 Å². The van der Waals surface area contributed by atoms with Gasteiger partial charge >= 0.3 is 5.97 Å². The number of amides is 1. The number of likely N-dealkylation sites (N-methyl/N-ethyl adjacent to an activating group) is 1. The first-order chi connectivity index (χ1) is 18.2. The molecule has 2 aromatic heterocycles. The lowest BCUT2D eigenvalue weighted by molar-refractivity contribution is -0.124. The number of hydrogen-bond donors (Lipinski definition) is 4. The minimum absolute atomic E-state index is 0.0283. The van der Waals surface area contributed by atoms with Crippen LogP contribution in [0.3, 0.4) is 0 Å². The Hall–Kier alpha value is -3.17. The Bertz CT molecular complexity index is 1450. The van der Waals surface area contributed by atoms with Crippen LogP contribution in [-0.4, -0.2) is 42.2 Å². The fourth-order valence-electron chi connectivity index (χ4n) is 5.62. The van der Waals surface area contributed by atoms with Crippen molar-refractivity contribution in [3.05, 3.63) is 50.1 Å². The second kappa shape index (κ2) is 10.5. The van der Waals surface area contributed by atoms with Gasteiger partial charge in [-0.1, -0.05) is 13.8 Å². The smallest absolute Gasteiger partial charge is 0.341 e. The second-order valence-electron chi connectivity index (χ2n) is 10.8. The molecular weight excluding hydrogens is 502 g/mol. The van der Waals surface area contributed by atoms with E-state index in [1.807, 2.05) is 13.1 Å². The van der Waals surface area contributed by atoms with Gasteiger partial charge in [-0.05, 0) is 80.7 Å². The molecule has 1 fully saturated rings. The first-order valence-electron chi connectivity index (χ1n) is 13.3. The number of aromatic amines is 1. The topological polar surface area (TPSA) is 121 Å². The highest BCUT2D eigenvalue weighted by molar-refractivity contribution is 7.15. The van der Waals surface area contributed by atoms with E-state index in [9.17, 15) is 19.5 Å². The number of rotatable bonds is 9. The number of nitrogens with one attached hydrogen (secondary N) is 3. The number of aromatic nitrogens is 1. The van der Waals surface area contributed by atoms with Gasteiger partial charge in [0.1, 0.15) is 5.56 Å². The third-order valence-corrected chi connectivity index (χ3v) is 8.89. The molecule has 1 amide bonds. The molecule has 202 valence electrons. The van der Waals surface area contributed by atoms with Crippen molar-refractivity contribution in [2.45, 2.75) is 70.4 Å². The number of fused-ring (bicyclic) bond motifs is 2. The molecular formula is C29H35N3O5S. The number of aryl methyl sites for hydroxylation is 1. The van der Waals surface area contributed by atoms with Crippen LogP contribution < -0.4 is 20.8 Å². The molecule has 0 unspecified atom stereocenters. The molecule has 0 bridgehead atoms. The molecule has 3 aromatic rings. The molecule has 1 aromatic carbocycles. The van der Waals surface area contributed by atoms with E-state index in [4.69, 9.17) is 4.74 Å². The van der Waals surface area contributed by atoms with Crippen molar-refractivity contribution in [3.8, 4) is 16.2 Å². The highest BCUT2D eigenvalue weighted by atomic mass is 32.1. The van der Waals surface area contributed by atoms with E-state index >= 15 is 0 Å². The number of thiophene rings is 1. The number of H-pyrrole nitrogens is 1.